The fourth-order valence-corrected chi connectivity index (χ4v) is 2.79. The van der Waals surface area contributed by atoms with Crippen LogP contribution in [0.15, 0.2) is 30.6 Å². The number of carbonyl (C=O) groups excluding carboxylic acids is 2. The molecule has 29 heavy (non-hydrogen) atoms. The molecule has 1 N–H and O–H groups in total. The highest BCUT2D eigenvalue weighted by molar-refractivity contribution is 5.77. The minimum atomic E-state index is -3.17. The van der Waals surface area contributed by atoms with E-state index in [0.717, 1.165) is 12.1 Å². The average molecular weight is 410 g/mol. The summed E-state index contributed by atoms with van der Waals surface area (Å²) in [5.74, 6) is -1.78. The number of cyclic esters (lactones) is 1. The van der Waals surface area contributed by atoms with Crippen LogP contribution in [0.2, 0.25) is 0 Å². The highest BCUT2D eigenvalue weighted by Gasteiger charge is 2.32. The number of ether oxygens (including phenoxy) is 2. The minimum Gasteiger partial charge on any atom is -0.444 e. The molecule has 1 saturated heterocycles. The van der Waals surface area contributed by atoms with E-state index < -0.39 is 30.4 Å². The maximum atomic E-state index is 13.6. The summed E-state index contributed by atoms with van der Waals surface area (Å²) >= 11 is 0. The smallest absolute Gasteiger partial charge is 0.410 e. The Bertz CT molecular complexity index is 912. The lowest BCUT2D eigenvalue weighted by molar-refractivity contribution is -0.122. The highest BCUT2D eigenvalue weighted by atomic mass is 19.3. The SMILES string of the molecule is CNC(=O)CC1CN(Cc2cncc(-c3ccc(F)c(OC(F)F)c3)n2)C(=O)O1. The number of carbonyl (C=O) groups is 2. The summed E-state index contributed by atoms with van der Waals surface area (Å²) in [7, 11) is 1.49. The average Bonchev–Trinajstić information content (AvgIpc) is 3.02. The quantitative estimate of drug-likeness (QED) is 0.753. The van der Waals surface area contributed by atoms with E-state index in [1.807, 2.05) is 0 Å². The topological polar surface area (TPSA) is 93.7 Å². The Morgan fingerprint density at radius 3 is 2.93 bits per heavy atom. The predicted molar refractivity (Wildman–Crippen MR) is 93.4 cm³/mol. The molecule has 11 heteroatoms. The van der Waals surface area contributed by atoms with Crippen LogP contribution in [0.5, 0.6) is 5.75 Å². The molecule has 2 amide bonds. The zero-order chi connectivity index (χ0) is 21.0. The Kier molecular flexibility index (Phi) is 6.15. The molecule has 1 aliphatic heterocycles. The molecular formula is C18H17F3N4O4. The third-order valence-corrected chi connectivity index (χ3v) is 4.12. The summed E-state index contributed by atoms with van der Waals surface area (Å²) in [6.45, 7) is -2.88. The van der Waals surface area contributed by atoms with Gasteiger partial charge < -0.3 is 14.8 Å². The number of halogens is 3. The van der Waals surface area contributed by atoms with Crippen LogP contribution in [0.4, 0.5) is 18.0 Å². The van der Waals surface area contributed by atoms with Crippen LogP contribution in [0.25, 0.3) is 11.3 Å². The van der Waals surface area contributed by atoms with Crippen molar-refractivity contribution >= 4 is 12.0 Å². The standard InChI is InChI=1S/C18H17F3N4O4/c1-22-16(26)5-12-9-25(18(27)28-12)8-11-6-23-7-14(24-11)10-2-3-13(19)15(4-10)29-17(20)21/h2-4,6-7,12,17H,5,8-9H2,1H3,(H,22,26). The Morgan fingerprint density at radius 1 is 1.41 bits per heavy atom. The monoisotopic (exact) mass is 410 g/mol. The number of nitrogens with zero attached hydrogens (tertiary/aromatic N) is 3. The molecule has 1 unspecified atom stereocenters. The van der Waals surface area contributed by atoms with Gasteiger partial charge in [-0.2, -0.15) is 8.78 Å². The lowest BCUT2D eigenvalue weighted by Crippen LogP contribution is -2.28. The first-order chi connectivity index (χ1) is 13.9. The van der Waals surface area contributed by atoms with Crippen LogP contribution in [0.3, 0.4) is 0 Å². The molecule has 3 rings (SSSR count). The molecule has 154 valence electrons. The van der Waals surface area contributed by atoms with Crippen molar-refractivity contribution in [3.63, 3.8) is 0 Å². The summed E-state index contributed by atoms with van der Waals surface area (Å²) < 4.78 is 47.7. The second-order valence-corrected chi connectivity index (χ2v) is 6.18. The Hall–Kier alpha value is -3.37. The number of amides is 2. The van der Waals surface area contributed by atoms with E-state index in [1.165, 1.54) is 30.4 Å². The van der Waals surface area contributed by atoms with E-state index in [-0.39, 0.29) is 31.1 Å². The molecule has 2 heterocycles. The molecule has 0 bridgehead atoms. The predicted octanol–water partition coefficient (Wildman–Crippen LogP) is 2.34. The van der Waals surface area contributed by atoms with Crippen molar-refractivity contribution < 1.29 is 32.2 Å². The molecule has 1 aromatic carbocycles. The molecule has 0 saturated carbocycles. The number of nitrogens with one attached hydrogen (secondary N) is 1. The van der Waals surface area contributed by atoms with Gasteiger partial charge in [0.05, 0.1) is 43.3 Å². The van der Waals surface area contributed by atoms with Gasteiger partial charge in [0.25, 0.3) is 0 Å². The van der Waals surface area contributed by atoms with Gasteiger partial charge in [0, 0.05) is 12.6 Å². The van der Waals surface area contributed by atoms with Crippen LogP contribution in [0, 0.1) is 5.82 Å². The summed E-state index contributed by atoms with van der Waals surface area (Å²) in [5, 5.41) is 2.46. The van der Waals surface area contributed by atoms with Crippen molar-refractivity contribution in [1.82, 2.24) is 20.2 Å². The molecular weight excluding hydrogens is 393 g/mol. The van der Waals surface area contributed by atoms with Crippen LogP contribution >= 0.6 is 0 Å². The van der Waals surface area contributed by atoms with Gasteiger partial charge in [-0.1, -0.05) is 0 Å². The van der Waals surface area contributed by atoms with Gasteiger partial charge in [0.15, 0.2) is 11.6 Å². The largest absolute Gasteiger partial charge is 0.444 e. The molecule has 0 spiro atoms. The second-order valence-electron chi connectivity index (χ2n) is 6.18. The van der Waals surface area contributed by atoms with Gasteiger partial charge >= 0.3 is 12.7 Å². The van der Waals surface area contributed by atoms with Crippen molar-refractivity contribution in [3.05, 3.63) is 42.1 Å². The zero-order valence-corrected chi connectivity index (χ0v) is 15.3. The van der Waals surface area contributed by atoms with Gasteiger partial charge in [-0.15, -0.1) is 0 Å². The summed E-state index contributed by atoms with van der Waals surface area (Å²) in [6, 6.07) is 3.44. The van der Waals surface area contributed by atoms with Gasteiger partial charge in [-0.3, -0.25) is 14.7 Å². The first-order valence-electron chi connectivity index (χ1n) is 8.57. The number of rotatable bonds is 7. The van der Waals surface area contributed by atoms with E-state index in [9.17, 15) is 22.8 Å². The van der Waals surface area contributed by atoms with Gasteiger partial charge in [0.1, 0.15) is 6.10 Å². The van der Waals surface area contributed by atoms with Crippen molar-refractivity contribution in [3.8, 4) is 17.0 Å². The highest BCUT2D eigenvalue weighted by Crippen LogP contribution is 2.26. The molecule has 2 aromatic rings. The first kappa shape index (κ1) is 20.4. The van der Waals surface area contributed by atoms with Crippen molar-refractivity contribution in [2.75, 3.05) is 13.6 Å². The maximum absolute atomic E-state index is 13.6. The summed E-state index contributed by atoms with van der Waals surface area (Å²) in [5.41, 5.74) is 1.01. The molecule has 8 nitrogen and oxygen atoms in total. The van der Waals surface area contributed by atoms with Crippen LogP contribution in [0.1, 0.15) is 12.1 Å². The number of aromatic nitrogens is 2. The first-order valence-corrected chi connectivity index (χ1v) is 8.57. The van der Waals surface area contributed by atoms with E-state index in [2.05, 4.69) is 20.0 Å². The van der Waals surface area contributed by atoms with E-state index >= 15 is 0 Å². The van der Waals surface area contributed by atoms with Crippen LogP contribution in [-0.4, -0.2) is 53.2 Å². The number of alkyl halides is 2. The molecule has 1 fully saturated rings. The maximum Gasteiger partial charge on any atom is 0.410 e. The fraction of sp³-hybridized carbons (Fsp3) is 0.333. The van der Waals surface area contributed by atoms with Gasteiger partial charge in [-0.05, 0) is 18.2 Å². The van der Waals surface area contributed by atoms with E-state index in [0.29, 0.717) is 11.3 Å². The third kappa shape index (κ3) is 5.12. The van der Waals surface area contributed by atoms with Gasteiger partial charge in [0.2, 0.25) is 5.91 Å². The lowest BCUT2D eigenvalue weighted by Gasteiger charge is -2.13. The molecule has 1 aromatic heterocycles. The molecule has 1 aliphatic rings. The van der Waals surface area contributed by atoms with E-state index in [4.69, 9.17) is 4.74 Å². The van der Waals surface area contributed by atoms with Crippen molar-refractivity contribution in [1.29, 1.82) is 0 Å². The van der Waals surface area contributed by atoms with E-state index in [1.54, 1.807) is 0 Å². The summed E-state index contributed by atoms with van der Waals surface area (Å²) in [4.78, 5) is 33.2. The van der Waals surface area contributed by atoms with Crippen LogP contribution in [-0.2, 0) is 16.1 Å². The number of benzene rings is 1. The Balaban J connectivity index is 1.73. The Labute approximate surface area is 163 Å². The molecule has 1 atom stereocenters. The third-order valence-electron chi connectivity index (χ3n) is 4.12. The fourth-order valence-electron chi connectivity index (χ4n) is 2.79. The Morgan fingerprint density at radius 2 is 2.21 bits per heavy atom. The van der Waals surface area contributed by atoms with Crippen molar-refractivity contribution in [2.45, 2.75) is 25.7 Å². The van der Waals surface area contributed by atoms with Crippen LogP contribution < -0.4 is 10.1 Å². The molecule has 0 radical (unpaired) electrons. The summed E-state index contributed by atoms with van der Waals surface area (Å²) in [6.07, 6.45) is 1.71. The normalized spacial score (nSPS) is 16.1. The number of hydrogen-bond acceptors (Lipinski definition) is 6. The zero-order valence-electron chi connectivity index (χ0n) is 15.3. The minimum absolute atomic E-state index is 0.0486. The van der Waals surface area contributed by atoms with Crippen molar-refractivity contribution in [2.24, 2.45) is 0 Å². The lowest BCUT2D eigenvalue weighted by atomic mass is 10.1. The molecule has 0 aliphatic carbocycles. The number of hydrogen-bond donors (Lipinski definition) is 1. The van der Waals surface area contributed by atoms with Gasteiger partial charge in [-0.25, -0.2) is 14.2 Å². The second kappa shape index (κ2) is 8.76.